The molecule has 1 heterocycles. The van der Waals surface area contributed by atoms with E-state index in [0.717, 1.165) is 17.1 Å². The molecule has 0 fully saturated rings. The van der Waals surface area contributed by atoms with E-state index in [1.54, 1.807) is 7.11 Å². The van der Waals surface area contributed by atoms with E-state index in [-0.39, 0.29) is 0 Å². The van der Waals surface area contributed by atoms with Crippen molar-refractivity contribution in [3.8, 4) is 17.1 Å². The van der Waals surface area contributed by atoms with Crippen molar-refractivity contribution in [3.05, 3.63) is 70.8 Å². The second-order valence-corrected chi connectivity index (χ2v) is 5.18. The van der Waals surface area contributed by atoms with Crippen LogP contribution in [0.15, 0.2) is 54.6 Å². The summed E-state index contributed by atoms with van der Waals surface area (Å²) in [6.07, 6.45) is 0.691. The summed E-state index contributed by atoms with van der Waals surface area (Å²) in [4.78, 5) is 11.9. The Bertz CT molecular complexity index is 813. The largest absolute Gasteiger partial charge is 0.497 e. The second-order valence-electron chi connectivity index (χ2n) is 4.82. The molecule has 0 atom stereocenters. The molecule has 3 rings (SSSR count). The summed E-state index contributed by atoms with van der Waals surface area (Å²) in [7, 11) is 1.64. The Morgan fingerprint density at radius 3 is 2.41 bits per heavy atom. The third-order valence-electron chi connectivity index (χ3n) is 3.28. The van der Waals surface area contributed by atoms with Gasteiger partial charge in [0.1, 0.15) is 17.4 Å². The summed E-state index contributed by atoms with van der Waals surface area (Å²) in [5, 5.41) is 0. The van der Waals surface area contributed by atoms with Gasteiger partial charge in [-0.2, -0.15) is 0 Å². The van der Waals surface area contributed by atoms with Gasteiger partial charge in [-0.3, -0.25) is 0 Å². The highest BCUT2D eigenvalue weighted by Crippen LogP contribution is 2.19. The van der Waals surface area contributed by atoms with Crippen LogP contribution in [-0.2, 0) is 6.42 Å². The average Bonchev–Trinajstić information content (AvgIpc) is 2.55. The zero-order valence-electron chi connectivity index (χ0n) is 12.1. The van der Waals surface area contributed by atoms with E-state index in [9.17, 15) is 0 Å². The third kappa shape index (κ3) is 3.38. The summed E-state index contributed by atoms with van der Waals surface area (Å²) in [5.41, 5.74) is 2.12. The van der Waals surface area contributed by atoms with Gasteiger partial charge in [-0.1, -0.05) is 30.3 Å². The van der Waals surface area contributed by atoms with Gasteiger partial charge < -0.3 is 9.72 Å². The summed E-state index contributed by atoms with van der Waals surface area (Å²) < 4.78 is 5.51. The van der Waals surface area contributed by atoms with Gasteiger partial charge in [-0.15, -0.1) is 0 Å². The summed E-state index contributed by atoms with van der Waals surface area (Å²) >= 11 is 5.18. The monoisotopic (exact) mass is 309 g/mol. The van der Waals surface area contributed by atoms with E-state index in [0.29, 0.717) is 17.0 Å². The van der Waals surface area contributed by atoms with Crippen molar-refractivity contribution in [2.45, 2.75) is 6.42 Å². The third-order valence-corrected chi connectivity index (χ3v) is 3.46. The Morgan fingerprint density at radius 1 is 1.00 bits per heavy atom. The lowest BCUT2D eigenvalue weighted by molar-refractivity contribution is 0.415. The maximum Gasteiger partial charge on any atom is 0.222 e. The number of ether oxygens (including phenoxy) is 1. The predicted octanol–water partition coefficient (Wildman–Crippen LogP) is 3.80. The van der Waals surface area contributed by atoms with Gasteiger partial charge in [0.25, 0.3) is 0 Å². The molecule has 110 valence electrons. The van der Waals surface area contributed by atoms with E-state index < -0.39 is 0 Å². The predicted molar refractivity (Wildman–Crippen MR) is 88.5 cm³/mol. The molecule has 4 nitrogen and oxygen atoms in total. The Balaban J connectivity index is 1.93. The number of hydrogen-bond acceptors (Lipinski definition) is 4. The number of hydrogen-bond donors (Lipinski definition) is 1. The van der Waals surface area contributed by atoms with Gasteiger partial charge in [-0.25, -0.2) is 9.97 Å². The summed E-state index contributed by atoms with van der Waals surface area (Å²) in [6.45, 7) is 0. The molecule has 5 heteroatoms. The smallest absolute Gasteiger partial charge is 0.222 e. The Kier molecular flexibility index (Phi) is 4.25. The number of aromatic nitrogens is 3. The Labute approximate surface area is 133 Å². The molecular formula is C17H15N3OS. The molecule has 3 aromatic rings. The first-order valence-corrected chi connectivity index (χ1v) is 7.31. The fourth-order valence-electron chi connectivity index (χ4n) is 2.19. The second kappa shape index (κ2) is 6.49. The first kappa shape index (κ1) is 14.4. The van der Waals surface area contributed by atoms with E-state index in [4.69, 9.17) is 17.0 Å². The van der Waals surface area contributed by atoms with Crippen molar-refractivity contribution in [2.24, 2.45) is 0 Å². The highest BCUT2D eigenvalue weighted by Gasteiger charge is 2.05. The normalized spacial score (nSPS) is 10.4. The average molecular weight is 309 g/mol. The zero-order chi connectivity index (χ0) is 15.4. The molecule has 1 N–H and O–H groups in total. The Morgan fingerprint density at radius 2 is 1.73 bits per heavy atom. The zero-order valence-corrected chi connectivity index (χ0v) is 12.9. The van der Waals surface area contributed by atoms with Crippen LogP contribution in [0.25, 0.3) is 11.4 Å². The van der Waals surface area contributed by atoms with Gasteiger partial charge in [0, 0.05) is 12.0 Å². The molecule has 0 radical (unpaired) electrons. The lowest BCUT2D eigenvalue weighted by atomic mass is 10.1. The molecule has 0 amide bonds. The molecule has 0 bridgehead atoms. The van der Waals surface area contributed by atoms with Crippen LogP contribution in [0.4, 0.5) is 0 Å². The topological polar surface area (TPSA) is 50.8 Å². The van der Waals surface area contributed by atoms with Crippen LogP contribution in [0.1, 0.15) is 11.4 Å². The molecule has 0 aliphatic heterocycles. The van der Waals surface area contributed by atoms with Crippen molar-refractivity contribution >= 4 is 12.2 Å². The number of nitrogens with one attached hydrogen (secondary N) is 1. The van der Waals surface area contributed by atoms with Crippen LogP contribution in [-0.4, -0.2) is 22.1 Å². The van der Waals surface area contributed by atoms with E-state index in [1.165, 1.54) is 5.56 Å². The van der Waals surface area contributed by atoms with Gasteiger partial charge in [0.2, 0.25) is 4.77 Å². The maximum absolute atomic E-state index is 5.18. The highest BCUT2D eigenvalue weighted by molar-refractivity contribution is 7.71. The van der Waals surface area contributed by atoms with Gasteiger partial charge in [0.15, 0.2) is 0 Å². The molecule has 0 saturated carbocycles. The molecule has 1 aromatic heterocycles. The van der Waals surface area contributed by atoms with Crippen molar-refractivity contribution in [2.75, 3.05) is 7.11 Å². The fourth-order valence-corrected chi connectivity index (χ4v) is 2.39. The number of benzene rings is 2. The molecule has 2 aromatic carbocycles. The standard InChI is InChI=1S/C17H15N3OS/c1-21-14-9-7-13(8-10-14)16-18-15(19-17(22)20-16)11-12-5-3-2-4-6-12/h2-10H,11H2,1H3,(H,18,19,20,22). The van der Waals surface area contributed by atoms with Crippen LogP contribution in [0.3, 0.4) is 0 Å². The van der Waals surface area contributed by atoms with E-state index in [2.05, 4.69) is 27.1 Å². The number of methoxy groups -OCH3 is 1. The minimum Gasteiger partial charge on any atom is -0.497 e. The van der Waals surface area contributed by atoms with E-state index in [1.807, 2.05) is 42.5 Å². The fraction of sp³-hybridized carbons (Fsp3) is 0.118. The molecule has 22 heavy (non-hydrogen) atoms. The van der Waals surface area contributed by atoms with Crippen LogP contribution >= 0.6 is 12.2 Å². The summed E-state index contributed by atoms with van der Waals surface area (Å²) in [6, 6.07) is 17.8. The lowest BCUT2D eigenvalue weighted by Crippen LogP contribution is -2.01. The molecule has 0 unspecified atom stereocenters. The molecular weight excluding hydrogens is 294 g/mol. The van der Waals surface area contributed by atoms with Crippen LogP contribution in [0.2, 0.25) is 0 Å². The Hall–Kier alpha value is -2.53. The SMILES string of the molecule is COc1ccc(-c2nc(=S)nc(Cc3ccccc3)[nH]2)cc1. The first-order valence-electron chi connectivity index (χ1n) is 6.90. The minimum atomic E-state index is 0.343. The van der Waals surface area contributed by atoms with Crippen LogP contribution in [0, 0.1) is 4.77 Å². The number of aromatic amines is 1. The van der Waals surface area contributed by atoms with Gasteiger partial charge in [-0.05, 0) is 42.0 Å². The van der Waals surface area contributed by atoms with Crippen molar-refractivity contribution in [3.63, 3.8) is 0 Å². The molecule has 0 aliphatic rings. The summed E-state index contributed by atoms with van der Waals surface area (Å²) in [5.74, 6) is 2.33. The number of H-pyrrole nitrogens is 1. The van der Waals surface area contributed by atoms with E-state index >= 15 is 0 Å². The number of rotatable bonds is 4. The quantitative estimate of drug-likeness (QED) is 0.745. The minimum absolute atomic E-state index is 0.343. The lowest BCUT2D eigenvalue weighted by Gasteiger charge is -2.06. The molecule has 0 aliphatic carbocycles. The van der Waals surface area contributed by atoms with Gasteiger partial charge in [0.05, 0.1) is 7.11 Å². The van der Waals surface area contributed by atoms with Crippen LogP contribution in [0.5, 0.6) is 5.75 Å². The highest BCUT2D eigenvalue weighted by atomic mass is 32.1. The van der Waals surface area contributed by atoms with Crippen LogP contribution < -0.4 is 4.74 Å². The first-order chi connectivity index (χ1) is 10.7. The molecule has 0 spiro atoms. The van der Waals surface area contributed by atoms with Crippen molar-refractivity contribution in [1.29, 1.82) is 0 Å². The molecule has 0 saturated heterocycles. The maximum atomic E-state index is 5.18. The number of nitrogens with zero attached hydrogens (tertiary/aromatic N) is 2. The van der Waals surface area contributed by atoms with Gasteiger partial charge >= 0.3 is 0 Å². The van der Waals surface area contributed by atoms with Crippen molar-refractivity contribution < 1.29 is 4.74 Å². The van der Waals surface area contributed by atoms with Crippen molar-refractivity contribution in [1.82, 2.24) is 15.0 Å².